The van der Waals surface area contributed by atoms with Gasteiger partial charge in [-0.05, 0) is 31.6 Å². The van der Waals surface area contributed by atoms with E-state index in [4.69, 9.17) is 4.74 Å². The summed E-state index contributed by atoms with van der Waals surface area (Å²) in [5.74, 6) is 0.866. The molecule has 0 bridgehead atoms. The molecule has 0 aromatic heterocycles. The topological polar surface area (TPSA) is 34.0 Å². The number of carbonyl (C=O) groups is 1. The van der Waals surface area contributed by atoms with Crippen LogP contribution in [0.3, 0.4) is 0 Å². The Balaban J connectivity index is 1.88. The lowest BCUT2D eigenvalue weighted by Crippen LogP contribution is -3.14. The minimum absolute atomic E-state index is 0.0795. The summed E-state index contributed by atoms with van der Waals surface area (Å²) in [4.78, 5) is 15.8. The molecule has 114 valence electrons. The van der Waals surface area contributed by atoms with E-state index < -0.39 is 6.10 Å². The molecule has 1 aromatic rings. The second-order valence-electron chi connectivity index (χ2n) is 5.59. The van der Waals surface area contributed by atoms with Crippen LogP contribution in [0, 0.1) is 6.92 Å². The molecular formula is C17H25N2O2+. The average Bonchev–Trinajstić information content (AvgIpc) is 2.50. The number of hydrogen-bond acceptors (Lipinski definition) is 2. The quantitative estimate of drug-likeness (QED) is 0.809. The van der Waals surface area contributed by atoms with E-state index in [9.17, 15) is 4.79 Å². The maximum atomic E-state index is 12.4. The van der Waals surface area contributed by atoms with Crippen molar-refractivity contribution in [3.05, 3.63) is 42.5 Å². The Labute approximate surface area is 127 Å². The largest absolute Gasteiger partial charge is 0.481 e. The predicted octanol–water partition coefficient (Wildman–Crippen LogP) is 0.675. The van der Waals surface area contributed by atoms with Gasteiger partial charge in [0.15, 0.2) is 6.10 Å². The second-order valence-corrected chi connectivity index (χ2v) is 5.59. The van der Waals surface area contributed by atoms with Crippen molar-refractivity contribution in [2.24, 2.45) is 0 Å². The zero-order valence-corrected chi connectivity index (χ0v) is 13.0. The van der Waals surface area contributed by atoms with Crippen LogP contribution in [-0.2, 0) is 4.79 Å². The molecular weight excluding hydrogens is 264 g/mol. The first kappa shape index (κ1) is 15.6. The third-order valence-electron chi connectivity index (χ3n) is 3.96. The van der Waals surface area contributed by atoms with Gasteiger partial charge in [0.2, 0.25) is 0 Å². The number of nitrogens with one attached hydrogen (secondary N) is 1. The summed E-state index contributed by atoms with van der Waals surface area (Å²) >= 11 is 0. The van der Waals surface area contributed by atoms with Crippen LogP contribution in [-0.4, -0.2) is 49.6 Å². The molecule has 4 nitrogen and oxygen atoms in total. The predicted molar refractivity (Wildman–Crippen MR) is 83.6 cm³/mol. The van der Waals surface area contributed by atoms with Crippen LogP contribution in [0.25, 0.3) is 0 Å². The van der Waals surface area contributed by atoms with Crippen LogP contribution in [0.5, 0.6) is 5.75 Å². The van der Waals surface area contributed by atoms with E-state index in [0.29, 0.717) is 0 Å². The van der Waals surface area contributed by atoms with Gasteiger partial charge in [0, 0.05) is 0 Å². The highest BCUT2D eigenvalue weighted by Crippen LogP contribution is 2.18. The van der Waals surface area contributed by atoms with Crippen LogP contribution in [0.1, 0.15) is 12.5 Å². The van der Waals surface area contributed by atoms with Crippen molar-refractivity contribution in [1.82, 2.24) is 4.90 Å². The van der Waals surface area contributed by atoms with Crippen molar-refractivity contribution in [2.75, 3.05) is 32.7 Å². The standard InChI is InChI=1S/C17H24N2O2/c1-4-9-18-10-12-19(13-11-18)17(20)15(3)21-16-8-6-5-7-14(16)2/h4-8,15H,1,9-13H2,2-3H3/p+1/t15-/m0/s1. The molecule has 1 heterocycles. The van der Waals surface area contributed by atoms with E-state index in [0.717, 1.165) is 44.0 Å². The molecule has 0 unspecified atom stereocenters. The Morgan fingerprint density at radius 3 is 2.71 bits per heavy atom. The van der Waals surface area contributed by atoms with E-state index in [1.54, 1.807) is 0 Å². The fraction of sp³-hybridized carbons (Fsp3) is 0.471. The zero-order valence-electron chi connectivity index (χ0n) is 13.0. The lowest BCUT2D eigenvalue weighted by Gasteiger charge is -2.33. The molecule has 21 heavy (non-hydrogen) atoms. The zero-order chi connectivity index (χ0) is 15.2. The van der Waals surface area contributed by atoms with Gasteiger partial charge in [-0.25, -0.2) is 0 Å². The van der Waals surface area contributed by atoms with Gasteiger partial charge in [-0.3, -0.25) is 4.79 Å². The lowest BCUT2D eigenvalue weighted by atomic mass is 10.2. The Morgan fingerprint density at radius 1 is 1.43 bits per heavy atom. The highest BCUT2D eigenvalue weighted by molar-refractivity contribution is 5.81. The number of ether oxygens (including phenoxy) is 1. The van der Waals surface area contributed by atoms with Crippen molar-refractivity contribution in [1.29, 1.82) is 0 Å². The van der Waals surface area contributed by atoms with E-state index in [1.807, 2.05) is 49.1 Å². The minimum atomic E-state index is -0.438. The number of aryl methyl sites for hydroxylation is 1. The summed E-state index contributed by atoms with van der Waals surface area (Å²) < 4.78 is 5.82. The third kappa shape index (κ3) is 4.08. The summed E-state index contributed by atoms with van der Waals surface area (Å²) in [6.45, 7) is 12.1. The number of rotatable bonds is 5. The molecule has 1 saturated heterocycles. The smallest absolute Gasteiger partial charge is 0.263 e. The summed E-state index contributed by atoms with van der Waals surface area (Å²) in [6.07, 6.45) is 1.50. The summed E-state index contributed by atoms with van der Waals surface area (Å²) in [5.41, 5.74) is 1.05. The van der Waals surface area contributed by atoms with Gasteiger partial charge in [-0.1, -0.05) is 24.8 Å². The SMILES string of the molecule is C=CC[NH+]1CCN(C(=O)[C@H](C)Oc2ccccc2C)CC1. The highest BCUT2D eigenvalue weighted by Gasteiger charge is 2.27. The van der Waals surface area contributed by atoms with Gasteiger partial charge < -0.3 is 14.5 Å². The first-order valence-corrected chi connectivity index (χ1v) is 7.57. The van der Waals surface area contributed by atoms with E-state index in [2.05, 4.69) is 6.58 Å². The van der Waals surface area contributed by atoms with Crippen LogP contribution in [0.4, 0.5) is 0 Å². The molecule has 0 radical (unpaired) electrons. The van der Waals surface area contributed by atoms with Crippen molar-refractivity contribution in [2.45, 2.75) is 20.0 Å². The summed E-state index contributed by atoms with van der Waals surface area (Å²) in [5, 5.41) is 0. The van der Waals surface area contributed by atoms with Gasteiger partial charge in [0.25, 0.3) is 5.91 Å². The van der Waals surface area contributed by atoms with Gasteiger partial charge in [0.05, 0.1) is 32.7 Å². The van der Waals surface area contributed by atoms with E-state index >= 15 is 0 Å². The van der Waals surface area contributed by atoms with Crippen molar-refractivity contribution in [3.8, 4) is 5.75 Å². The van der Waals surface area contributed by atoms with Crippen LogP contribution in [0.2, 0.25) is 0 Å². The highest BCUT2D eigenvalue weighted by atomic mass is 16.5. The van der Waals surface area contributed by atoms with Gasteiger partial charge >= 0.3 is 0 Å². The minimum Gasteiger partial charge on any atom is -0.481 e. The fourth-order valence-electron chi connectivity index (χ4n) is 2.64. The summed E-state index contributed by atoms with van der Waals surface area (Å²) in [6, 6.07) is 7.79. The molecule has 1 N–H and O–H groups in total. The monoisotopic (exact) mass is 289 g/mol. The average molecular weight is 289 g/mol. The number of carbonyl (C=O) groups excluding carboxylic acids is 1. The first-order valence-electron chi connectivity index (χ1n) is 7.57. The number of hydrogen-bond donors (Lipinski definition) is 1. The Morgan fingerprint density at radius 2 is 2.10 bits per heavy atom. The maximum Gasteiger partial charge on any atom is 0.263 e. The lowest BCUT2D eigenvalue weighted by molar-refractivity contribution is -0.898. The maximum absolute atomic E-state index is 12.4. The number of piperazine rings is 1. The Kier molecular flexibility index (Phi) is 5.39. The molecule has 1 amide bonds. The molecule has 4 heteroatoms. The Hall–Kier alpha value is -1.81. The van der Waals surface area contributed by atoms with Gasteiger partial charge in [0.1, 0.15) is 5.75 Å². The van der Waals surface area contributed by atoms with E-state index in [-0.39, 0.29) is 5.91 Å². The van der Waals surface area contributed by atoms with E-state index in [1.165, 1.54) is 4.90 Å². The van der Waals surface area contributed by atoms with Crippen LogP contribution in [0.15, 0.2) is 36.9 Å². The molecule has 1 aromatic carbocycles. The molecule has 0 saturated carbocycles. The summed E-state index contributed by atoms with van der Waals surface area (Å²) in [7, 11) is 0. The van der Waals surface area contributed by atoms with Crippen molar-refractivity contribution < 1.29 is 14.4 Å². The third-order valence-corrected chi connectivity index (χ3v) is 3.96. The van der Waals surface area contributed by atoms with Crippen LogP contribution >= 0.6 is 0 Å². The number of nitrogens with zero attached hydrogens (tertiary/aromatic N) is 1. The Bertz CT molecular complexity index is 493. The number of amides is 1. The molecule has 1 aliphatic rings. The number of benzene rings is 1. The van der Waals surface area contributed by atoms with Crippen molar-refractivity contribution in [3.63, 3.8) is 0 Å². The molecule has 0 aliphatic carbocycles. The van der Waals surface area contributed by atoms with Gasteiger partial charge in [-0.15, -0.1) is 0 Å². The van der Waals surface area contributed by atoms with Gasteiger partial charge in [-0.2, -0.15) is 0 Å². The first-order chi connectivity index (χ1) is 10.1. The molecule has 2 rings (SSSR count). The number of para-hydroxylation sites is 1. The molecule has 1 atom stereocenters. The van der Waals surface area contributed by atoms with Crippen LogP contribution < -0.4 is 9.64 Å². The second kappa shape index (κ2) is 7.27. The van der Waals surface area contributed by atoms with Crippen molar-refractivity contribution >= 4 is 5.91 Å². The fourth-order valence-corrected chi connectivity index (χ4v) is 2.64. The molecule has 1 fully saturated rings. The number of quaternary nitrogens is 1. The normalized spacial score (nSPS) is 17.3. The molecule has 0 spiro atoms. The molecule has 1 aliphatic heterocycles.